The molecule has 0 spiro atoms. The summed E-state index contributed by atoms with van der Waals surface area (Å²) < 4.78 is 11.3. The summed E-state index contributed by atoms with van der Waals surface area (Å²) in [4.78, 5) is 0. The van der Waals surface area contributed by atoms with Gasteiger partial charge in [-0.15, -0.1) is 0 Å². The van der Waals surface area contributed by atoms with Gasteiger partial charge in [0.1, 0.15) is 0 Å². The van der Waals surface area contributed by atoms with Crippen molar-refractivity contribution in [1.29, 1.82) is 0 Å². The largest absolute Gasteiger partial charge is 0.348 e. The van der Waals surface area contributed by atoms with Crippen molar-refractivity contribution in [3.63, 3.8) is 0 Å². The lowest BCUT2D eigenvalue weighted by Crippen LogP contribution is -2.25. The molecule has 0 aromatic carbocycles. The standard InChI is InChI=1S/C11H20O2/c1-5-6-7-9(2)10-8-12-11(3,4)13-10/h5-6,9-10H,7-8H2,1-4H3/b6-5-/t9-,10+/m1/s1. The van der Waals surface area contributed by atoms with Crippen LogP contribution in [-0.2, 0) is 9.47 Å². The molecule has 1 aliphatic heterocycles. The van der Waals surface area contributed by atoms with Gasteiger partial charge in [0.15, 0.2) is 5.79 Å². The molecule has 1 rings (SSSR count). The van der Waals surface area contributed by atoms with Crippen LogP contribution < -0.4 is 0 Å². The van der Waals surface area contributed by atoms with Crippen molar-refractivity contribution in [3.8, 4) is 0 Å². The molecular weight excluding hydrogens is 164 g/mol. The third-order valence-electron chi connectivity index (χ3n) is 2.41. The summed E-state index contributed by atoms with van der Waals surface area (Å²) in [7, 11) is 0. The number of hydrogen-bond donors (Lipinski definition) is 0. The molecule has 0 saturated carbocycles. The van der Waals surface area contributed by atoms with Gasteiger partial charge in [-0.2, -0.15) is 0 Å². The lowest BCUT2D eigenvalue weighted by Gasteiger charge is -2.20. The van der Waals surface area contributed by atoms with Gasteiger partial charge >= 0.3 is 0 Å². The summed E-state index contributed by atoms with van der Waals surface area (Å²) in [5.74, 6) is 0.160. The van der Waals surface area contributed by atoms with E-state index in [0.29, 0.717) is 5.92 Å². The summed E-state index contributed by atoms with van der Waals surface area (Å²) in [6.45, 7) is 8.91. The van der Waals surface area contributed by atoms with Crippen molar-refractivity contribution < 1.29 is 9.47 Å². The molecule has 1 heterocycles. The molecule has 0 radical (unpaired) electrons. The quantitative estimate of drug-likeness (QED) is 0.628. The minimum atomic E-state index is -0.380. The molecular formula is C11H20O2. The predicted octanol–water partition coefficient (Wildman–Crippen LogP) is 2.74. The highest BCUT2D eigenvalue weighted by Gasteiger charge is 2.34. The number of ether oxygens (including phenoxy) is 2. The molecule has 0 amide bonds. The molecule has 0 N–H and O–H groups in total. The zero-order chi connectivity index (χ0) is 9.90. The number of allylic oxidation sites excluding steroid dienone is 2. The minimum Gasteiger partial charge on any atom is -0.348 e. The van der Waals surface area contributed by atoms with Crippen molar-refractivity contribution >= 4 is 0 Å². The van der Waals surface area contributed by atoms with Crippen molar-refractivity contribution in [1.82, 2.24) is 0 Å². The predicted molar refractivity (Wildman–Crippen MR) is 53.5 cm³/mol. The molecule has 0 aromatic rings. The first-order chi connectivity index (χ1) is 6.05. The van der Waals surface area contributed by atoms with Crippen LogP contribution in [0.5, 0.6) is 0 Å². The van der Waals surface area contributed by atoms with E-state index in [-0.39, 0.29) is 11.9 Å². The Balaban J connectivity index is 2.37. The highest BCUT2D eigenvalue weighted by atomic mass is 16.7. The fourth-order valence-electron chi connectivity index (χ4n) is 1.50. The Morgan fingerprint density at radius 1 is 1.54 bits per heavy atom. The Hall–Kier alpha value is -0.340. The van der Waals surface area contributed by atoms with Crippen LogP contribution in [0.4, 0.5) is 0 Å². The number of hydrogen-bond acceptors (Lipinski definition) is 2. The Bertz CT molecular complexity index is 185. The first kappa shape index (κ1) is 10.7. The topological polar surface area (TPSA) is 18.5 Å². The summed E-state index contributed by atoms with van der Waals surface area (Å²) in [6.07, 6.45) is 5.59. The van der Waals surface area contributed by atoms with Crippen LogP contribution in [0.25, 0.3) is 0 Å². The van der Waals surface area contributed by atoms with Gasteiger partial charge in [0.25, 0.3) is 0 Å². The first-order valence-corrected chi connectivity index (χ1v) is 4.98. The highest BCUT2D eigenvalue weighted by Crippen LogP contribution is 2.27. The van der Waals surface area contributed by atoms with Gasteiger partial charge in [-0.3, -0.25) is 0 Å². The molecule has 2 heteroatoms. The SMILES string of the molecule is C/C=C\C[C@@H](C)[C@@H]1COC(C)(C)O1. The monoisotopic (exact) mass is 184 g/mol. The number of rotatable bonds is 3. The van der Waals surface area contributed by atoms with Gasteiger partial charge in [0, 0.05) is 0 Å². The normalized spacial score (nSPS) is 29.7. The molecule has 0 unspecified atom stereocenters. The van der Waals surface area contributed by atoms with Crippen LogP contribution in [0.1, 0.15) is 34.1 Å². The van der Waals surface area contributed by atoms with E-state index in [1.54, 1.807) is 0 Å². The molecule has 13 heavy (non-hydrogen) atoms. The Kier molecular flexibility index (Phi) is 3.51. The van der Waals surface area contributed by atoms with E-state index in [0.717, 1.165) is 13.0 Å². The minimum absolute atomic E-state index is 0.256. The molecule has 1 fully saturated rings. The maximum absolute atomic E-state index is 5.75. The second kappa shape index (κ2) is 4.25. The molecule has 1 aliphatic rings. The van der Waals surface area contributed by atoms with Crippen molar-refractivity contribution in [2.24, 2.45) is 5.92 Å². The van der Waals surface area contributed by atoms with Gasteiger partial charge in [0.05, 0.1) is 12.7 Å². The fourth-order valence-corrected chi connectivity index (χ4v) is 1.50. The molecule has 0 bridgehead atoms. The molecule has 0 aliphatic carbocycles. The van der Waals surface area contributed by atoms with Crippen molar-refractivity contribution in [2.45, 2.75) is 46.0 Å². The van der Waals surface area contributed by atoms with Crippen LogP contribution in [0.15, 0.2) is 12.2 Å². The van der Waals surface area contributed by atoms with Crippen LogP contribution >= 0.6 is 0 Å². The van der Waals surface area contributed by atoms with Gasteiger partial charge in [-0.1, -0.05) is 19.1 Å². The maximum atomic E-state index is 5.75. The average molecular weight is 184 g/mol. The zero-order valence-electron chi connectivity index (χ0n) is 9.04. The Labute approximate surface area is 80.9 Å². The van der Waals surface area contributed by atoms with E-state index < -0.39 is 0 Å². The lowest BCUT2D eigenvalue weighted by molar-refractivity contribution is -0.143. The Morgan fingerprint density at radius 3 is 2.69 bits per heavy atom. The van der Waals surface area contributed by atoms with Crippen molar-refractivity contribution in [2.75, 3.05) is 6.61 Å². The third kappa shape index (κ3) is 3.12. The summed E-state index contributed by atoms with van der Waals surface area (Å²) in [6, 6.07) is 0. The Morgan fingerprint density at radius 2 is 2.23 bits per heavy atom. The van der Waals surface area contributed by atoms with E-state index in [1.165, 1.54) is 0 Å². The molecule has 1 saturated heterocycles. The molecule has 76 valence electrons. The lowest BCUT2D eigenvalue weighted by atomic mass is 10.0. The van der Waals surface area contributed by atoms with Gasteiger partial charge in [0.2, 0.25) is 0 Å². The van der Waals surface area contributed by atoms with E-state index in [9.17, 15) is 0 Å². The van der Waals surface area contributed by atoms with E-state index in [1.807, 2.05) is 20.8 Å². The van der Waals surface area contributed by atoms with Gasteiger partial charge < -0.3 is 9.47 Å². The molecule has 2 atom stereocenters. The molecule has 2 nitrogen and oxygen atoms in total. The van der Waals surface area contributed by atoms with E-state index >= 15 is 0 Å². The second-order valence-electron chi connectivity index (χ2n) is 4.15. The van der Waals surface area contributed by atoms with Gasteiger partial charge in [-0.05, 0) is 33.1 Å². The second-order valence-corrected chi connectivity index (χ2v) is 4.15. The van der Waals surface area contributed by atoms with Gasteiger partial charge in [-0.25, -0.2) is 0 Å². The van der Waals surface area contributed by atoms with E-state index in [4.69, 9.17) is 9.47 Å². The van der Waals surface area contributed by atoms with E-state index in [2.05, 4.69) is 19.1 Å². The van der Waals surface area contributed by atoms with Crippen LogP contribution in [-0.4, -0.2) is 18.5 Å². The zero-order valence-corrected chi connectivity index (χ0v) is 9.04. The first-order valence-electron chi connectivity index (χ1n) is 4.98. The van der Waals surface area contributed by atoms with Crippen LogP contribution in [0, 0.1) is 5.92 Å². The fraction of sp³-hybridized carbons (Fsp3) is 0.818. The van der Waals surface area contributed by atoms with Crippen molar-refractivity contribution in [3.05, 3.63) is 12.2 Å². The maximum Gasteiger partial charge on any atom is 0.163 e. The summed E-state index contributed by atoms with van der Waals surface area (Å²) in [5.41, 5.74) is 0. The third-order valence-corrected chi connectivity index (χ3v) is 2.41. The molecule has 0 aromatic heterocycles. The van der Waals surface area contributed by atoms with Crippen LogP contribution in [0.2, 0.25) is 0 Å². The highest BCUT2D eigenvalue weighted by molar-refractivity contribution is 4.84. The van der Waals surface area contributed by atoms with Crippen LogP contribution in [0.3, 0.4) is 0 Å². The average Bonchev–Trinajstić information content (AvgIpc) is 2.42. The summed E-state index contributed by atoms with van der Waals surface area (Å²) >= 11 is 0. The smallest absolute Gasteiger partial charge is 0.163 e. The summed E-state index contributed by atoms with van der Waals surface area (Å²) in [5, 5.41) is 0.